The molecule has 0 amide bonds. The van der Waals surface area contributed by atoms with Gasteiger partial charge in [-0.1, -0.05) is 26.2 Å². The lowest BCUT2D eigenvalue weighted by atomic mass is 9.76. The van der Waals surface area contributed by atoms with Crippen molar-refractivity contribution in [2.75, 3.05) is 17.6 Å². The third-order valence-corrected chi connectivity index (χ3v) is 4.21. The van der Waals surface area contributed by atoms with Crippen LogP contribution in [0.5, 0.6) is 0 Å². The van der Waals surface area contributed by atoms with Gasteiger partial charge in [-0.15, -0.1) is 0 Å². The normalized spacial score (nSPS) is 18.6. The Morgan fingerprint density at radius 3 is 2.74 bits per heavy atom. The molecular formula is C14H20N4O. The zero-order chi connectivity index (χ0) is 13.3. The summed E-state index contributed by atoms with van der Waals surface area (Å²) in [6.45, 7) is 3.31. The number of benzene rings is 1. The van der Waals surface area contributed by atoms with Gasteiger partial charge in [0.15, 0.2) is 11.0 Å². The van der Waals surface area contributed by atoms with E-state index in [1.807, 2.05) is 12.1 Å². The van der Waals surface area contributed by atoms with Crippen LogP contribution in [0.15, 0.2) is 16.8 Å². The van der Waals surface area contributed by atoms with Crippen LogP contribution in [0.25, 0.3) is 11.0 Å². The van der Waals surface area contributed by atoms with Crippen LogP contribution >= 0.6 is 0 Å². The number of fused-ring (bicyclic) bond motifs is 1. The lowest BCUT2D eigenvalue weighted by Crippen LogP contribution is -2.28. The average Bonchev–Trinajstić information content (AvgIpc) is 2.89. The molecule has 0 radical (unpaired) electrons. The fourth-order valence-electron chi connectivity index (χ4n) is 2.92. The van der Waals surface area contributed by atoms with Gasteiger partial charge < -0.3 is 11.1 Å². The van der Waals surface area contributed by atoms with Crippen molar-refractivity contribution in [3.8, 4) is 0 Å². The van der Waals surface area contributed by atoms with E-state index in [0.717, 1.165) is 17.7 Å². The van der Waals surface area contributed by atoms with Gasteiger partial charge in [0.2, 0.25) is 0 Å². The van der Waals surface area contributed by atoms with E-state index in [-0.39, 0.29) is 0 Å². The molecule has 0 saturated heterocycles. The van der Waals surface area contributed by atoms with E-state index in [1.54, 1.807) is 0 Å². The molecule has 5 heteroatoms. The summed E-state index contributed by atoms with van der Waals surface area (Å²) in [5, 5.41) is 11.3. The topological polar surface area (TPSA) is 77.0 Å². The molecule has 5 nitrogen and oxygen atoms in total. The number of rotatable bonds is 3. The van der Waals surface area contributed by atoms with Gasteiger partial charge in [0.05, 0.1) is 11.4 Å². The van der Waals surface area contributed by atoms with Gasteiger partial charge in [-0.25, -0.2) is 4.63 Å². The first-order chi connectivity index (χ1) is 9.18. The van der Waals surface area contributed by atoms with Crippen molar-refractivity contribution >= 4 is 22.4 Å². The van der Waals surface area contributed by atoms with Gasteiger partial charge in [0.25, 0.3) is 0 Å². The number of hydrogen-bond donors (Lipinski definition) is 2. The molecule has 1 aromatic heterocycles. The smallest absolute Gasteiger partial charge is 0.160 e. The highest BCUT2D eigenvalue weighted by Crippen LogP contribution is 2.36. The molecule has 1 fully saturated rings. The van der Waals surface area contributed by atoms with E-state index in [0.29, 0.717) is 16.6 Å². The minimum atomic E-state index is 0.378. The maximum Gasteiger partial charge on any atom is 0.160 e. The lowest BCUT2D eigenvalue weighted by Gasteiger charge is -2.34. The Balaban J connectivity index is 1.78. The molecule has 3 N–H and O–H groups in total. The molecule has 1 aliphatic rings. The summed E-state index contributed by atoms with van der Waals surface area (Å²) in [6.07, 6.45) is 6.61. The van der Waals surface area contributed by atoms with Crippen molar-refractivity contribution < 1.29 is 4.63 Å². The molecular weight excluding hydrogens is 240 g/mol. The van der Waals surface area contributed by atoms with Crippen LogP contribution < -0.4 is 11.1 Å². The summed E-state index contributed by atoms with van der Waals surface area (Å²) in [5.41, 5.74) is 9.14. The summed E-state index contributed by atoms with van der Waals surface area (Å²) >= 11 is 0. The molecule has 0 aliphatic heterocycles. The maximum atomic E-state index is 5.84. The Kier molecular flexibility index (Phi) is 3.05. The second-order valence-electron chi connectivity index (χ2n) is 5.89. The van der Waals surface area contributed by atoms with E-state index in [2.05, 4.69) is 22.6 Å². The van der Waals surface area contributed by atoms with Crippen molar-refractivity contribution in [3.05, 3.63) is 12.1 Å². The van der Waals surface area contributed by atoms with E-state index in [9.17, 15) is 0 Å². The second kappa shape index (κ2) is 4.72. The van der Waals surface area contributed by atoms with Gasteiger partial charge in [0.1, 0.15) is 0 Å². The molecule has 2 aromatic rings. The monoisotopic (exact) mass is 260 g/mol. The van der Waals surface area contributed by atoms with Crippen LogP contribution in [0.2, 0.25) is 0 Å². The Bertz CT molecular complexity index is 572. The van der Waals surface area contributed by atoms with Crippen molar-refractivity contribution in [2.45, 2.75) is 39.0 Å². The predicted molar refractivity (Wildman–Crippen MR) is 75.9 cm³/mol. The summed E-state index contributed by atoms with van der Waals surface area (Å²) in [5.74, 6) is 0. The fraction of sp³-hybridized carbons (Fsp3) is 0.571. The van der Waals surface area contributed by atoms with Crippen LogP contribution in [0.4, 0.5) is 11.4 Å². The molecule has 0 bridgehead atoms. The number of nitrogen functional groups attached to an aromatic ring is 1. The van der Waals surface area contributed by atoms with Crippen molar-refractivity contribution in [2.24, 2.45) is 5.41 Å². The molecule has 1 aromatic carbocycles. The SMILES string of the molecule is CC1(CNc2ccc(N)c3nonc23)CCCCC1. The van der Waals surface area contributed by atoms with E-state index in [1.165, 1.54) is 32.1 Å². The first kappa shape index (κ1) is 12.3. The van der Waals surface area contributed by atoms with Gasteiger partial charge in [-0.2, -0.15) is 0 Å². The van der Waals surface area contributed by atoms with Gasteiger partial charge >= 0.3 is 0 Å². The number of nitrogens with one attached hydrogen (secondary N) is 1. The third-order valence-electron chi connectivity index (χ3n) is 4.21. The van der Waals surface area contributed by atoms with E-state index >= 15 is 0 Å². The number of nitrogens with two attached hydrogens (primary N) is 1. The fourth-order valence-corrected chi connectivity index (χ4v) is 2.92. The molecule has 0 unspecified atom stereocenters. The molecule has 0 atom stereocenters. The van der Waals surface area contributed by atoms with Crippen molar-refractivity contribution in [3.63, 3.8) is 0 Å². The number of aromatic nitrogens is 2. The van der Waals surface area contributed by atoms with Crippen LogP contribution in [0, 0.1) is 5.41 Å². The quantitative estimate of drug-likeness (QED) is 0.829. The highest BCUT2D eigenvalue weighted by molar-refractivity contribution is 5.94. The number of anilines is 2. The van der Waals surface area contributed by atoms with Crippen LogP contribution in [-0.4, -0.2) is 16.9 Å². The largest absolute Gasteiger partial charge is 0.397 e. The van der Waals surface area contributed by atoms with Crippen LogP contribution in [0.3, 0.4) is 0 Å². The molecule has 0 spiro atoms. The first-order valence-corrected chi connectivity index (χ1v) is 6.93. The summed E-state index contributed by atoms with van der Waals surface area (Å²) < 4.78 is 4.78. The minimum absolute atomic E-state index is 0.378. The molecule has 1 heterocycles. The number of nitrogens with zero attached hydrogens (tertiary/aromatic N) is 2. The second-order valence-corrected chi connectivity index (χ2v) is 5.89. The Labute approximate surface area is 112 Å². The van der Waals surface area contributed by atoms with Crippen molar-refractivity contribution in [1.82, 2.24) is 10.3 Å². The Hall–Kier alpha value is -1.78. The highest BCUT2D eigenvalue weighted by Gasteiger charge is 2.26. The molecule has 102 valence electrons. The standard InChI is InChI=1S/C14H20N4O/c1-14(7-3-2-4-8-14)9-16-11-6-5-10(15)12-13(11)18-19-17-12/h5-6,16H,2-4,7-9,15H2,1H3. The van der Waals surface area contributed by atoms with Crippen LogP contribution in [-0.2, 0) is 0 Å². The maximum absolute atomic E-state index is 5.84. The van der Waals surface area contributed by atoms with Crippen molar-refractivity contribution in [1.29, 1.82) is 0 Å². The van der Waals surface area contributed by atoms with Gasteiger partial charge in [0, 0.05) is 6.54 Å². The Morgan fingerprint density at radius 1 is 1.21 bits per heavy atom. The lowest BCUT2D eigenvalue weighted by molar-refractivity contribution is 0.233. The van der Waals surface area contributed by atoms with Gasteiger partial charge in [-0.3, -0.25) is 0 Å². The first-order valence-electron chi connectivity index (χ1n) is 6.93. The van der Waals surface area contributed by atoms with E-state index in [4.69, 9.17) is 10.4 Å². The predicted octanol–water partition coefficient (Wildman–Crippen LogP) is 3.19. The average molecular weight is 260 g/mol. The molecule has 3 rings (SSSR count). The summed E-state index contributed by atoms with van der Waals surface area (Å²) in [7, 11) is 0. The van der Waals surface area contributed by atoms with E-state index < -0.39 is 0 Å². The van der Waals surface area contributed by atoms with Gasteiger partial charge in [-0.05, 0) is 40.7 Å². The zero-order valence-electron chi connectivity index (χ0n) is 11.3. The van der Waals surface area contributed by atoms with Crippen LogP contribution in [0.1, 0.15) is 39.0 Å². The third kappa shape index (κ3) is 2.37. The Morgan fingerprint density at radius 2 is 1.95 bits per heavy atom. The zero-order valence-corrected chi connectivity index (χ0v) is 11.3. The number of hydrogen-bond acceptors (Lipinski definition) is 5. The molecule has 19 heavy (non-hydrogen) atoms. The highest BCUT2D eigenvalue weighted by atomic mass is 16.6. The summed E-state index contributed by atoms with van der Waals surface area (Å²) in [6, 6.07) is 3.80. The molecule has 1 aliphatic carbocycles. The summed E-state index contributed by atoms with van der Waals surface area (Å²) in [4.78, 5) is 0. The minimum Gasteiger partial charge on any atom is -0.397 e. The molecule has 1 saturated carbocycles.